The van der Waals surface area contributed by atoms with Crippen molar-refractivity contribution in [1.82, 2.24) is 4.90 Å². The highest BCUT2D eigenvalue weighted by Crippen LogP contribution is 2.09. The lowest BCUT2D eigenvalue weighted by atomic mass is 10.1. The van der Waals surface area contributed by atoms with E-state index in [-0.39, 0.29) is 25.1 Å². The van der Waals surface area contributed by atoms with Crippen LogP contribution in [0.15, 0.2) is 24.3 Å². The van der Waals surface area contributed by atoms with Crippen molar-refractivity contribution in [2.24, 2.45) is 5.73 Å². The summed E-state index contributed by atoms with van der Waals surface area (Å²) in [6, 6.07) is 8.15. The van der Waals surface area contributed by atoms with Crippen molar-refractivity contribution in [3.05, 3.63) is 35.4 Å². The second-order valence-electron chi connectivity index (χ2n) is 4.94. The van der Waals surface area contributed by atoms with Gasteiger partial charge in [-0.25, -0.2) is 0 Å². The van der Waals surface area contributed by atoms with Crippen LogP contribution in [-0.4, -0.2) is 35.1 Å². The zero-order chi connectivity index (χ0) is 15.0. The molecule has 0 saturated heterocycles. The molecule has 4 heteroatoms. The molecule has 0 aliphatic rings. The maximum Gasteiger partial charge on any atom is 0.231 e. The highest BCUT2D eigenvalue weighted by molar-refractivity contribution is 5.75. The quantitative estimate of drug-likeness (QED) is 0.764. The van der Waals surface area contributed by atoms with Gasteiger partial charge in [0, 0.05) is 24.6 Å². The molecule has 0 radical (unpaired) electrons. The third-order valence-electron chi connectivity index (χ3n) is 2.90. The van der Waals surface area contributed by atoms with Gasteiger partial charge in [-0.3, -0.25) is 9.69 Å². The second-order valence-corrected chi connectivity index (χ2v) is 4.94. The molecule has 0 aromatic heterocycles. The molecule has 1 aromatic carbocycles. The van der Waals surface area contributed by atoms with E-state index in [2.05, 4.69) is 11.8 Å². The van der Waals surface area contributed by atoms with E-state index in [0.717, 1.165) is 11.1 Å². The first-order chi connectivity index (χ1) is 9.52. The molecule has 0 aliphatic heterocycles. The number of primary amides is 1. The Morgan fingerprint density at radius 1 is 1.35 bits per heavy atom. The van der Waals surface area contributed by atoms with Gasteiger partial charge in [0.2, 0.25) is 5.91 Å². The number of nitrogens with two attached hydrogens (primary N) is 1. The topological polar surface area (TPSA) is 66.6 Å². The number of nitrogens with zero attached hydrogens (tertiary/aromatic N) is 1. The average molecular weight is 274 g/mol. The summed E-state index contributed by atoms with van der Waals surface area (Å²) >= 11 is 0. The molecule has 0 unspecified atom stereocenters. The summed E-state index contributed by atoms with van der Waals surface area (Å²) in [5.41, 5.74) is 7.30. The van der Waals surface area contributed by atoms with E-state index in [1.54, 1.807) is 0 Å². The maximum absolute atomic E-state index is 11.0. The molecule has 20 heavy (non-hydrogen) atoms. The molecule has 1 aromatic rings. The Hall–Kier alpha value is -1.83. The average Bonchev–Trinajstić information content (AvgIpc) is 2.39. The van der Waals surface area contributed by atoms with Crippen molar-refractivity contribution < 1.29 is 9.90 Å². The first-order valence-electron chi connectivity index (χ1n) is 6.74. The number of rotatable bonds is 6. The molecule has 1 amide bonds. The number of carbonyl (C=O) groups is 1. The van der Waals surface area contributed by atoms with Crippen LogP contribution in [0, 0.1) is 11.8 Å². The molecule has 0 spiro atoms. The van der Waals surface area contributed by atoms with E-state index in [0.29, 0.717) is 13.0 Å². The van der Waals surface area contributed by atoms with Crippen molar-refractivity contribution in [2.45, 2.75) is 32.9 Å². The summed E-state index contributed by atoms with van der Waals surface area (Å²) in [6.07, 6.45) is 0.488. The maximum atomic E-state index is 11.0. The van der Waals surface area contributed by atoms with Crippen LogP contribution in [0.4, 0.5) is 0 Å². The SMILES string of the molecule is CC(C)N(CC(N)=O)Cc1ccc(C#CCCO)cc1. The number of carbonyl (C=O) groups excluding carboxylic acids is 1. The molecule has 1 rings (SSSR count). The Bertz CT molecular complexity index is 483. The molecule has 0 heterocycles. The Balaban J connectivity index is 2.68. The Morgan fingerprint density at radius 3 is 2.50 bits per heavy atom. The van der Waals surface area contributed by atoms with Gasteiger partial charge in [0.1, 0.15) is 0 Å². The van der Waals surface area contributed by atoms with Crippen LogP contribution >= 0.6 is 0 Å². The van der Waals surface area contributed by atoms with Crippen LogP contribution in [-0.2, 0) is 11.3 Å². The zero-order valence-electron chi connectivity index (χ0n) is 12.1. The van der Waals surface area contributed by atoms with Crippen molar-refractivity contribution >= 4 is 5.91 Å². The third kappa shape index (κ3) is 5.87. The second kappa shape index (κ2) is 8.36. The van der Waals surface area contributed by atoms with Crippen molar-refractivity contribution in [1.29, 1.82) is 0 Å². The Labute approximate surface area is 120 Å². The molecule has 0 aliphatic carbocycles. The summed E-state index contributed by atoms with van der Waals surface area (Å²) < 4.78 is 0. The highest BCUT2D eigenvalue weighted by atomic mass is 16.2. The van der Waals surface area contributed by atoms with Gasteiger partial charge in [0.15, 0.2) is 0 Å². The fourth-order valence-electron chi connectivity index (χ4n) is 1.77. The van der Waals surface area contributed by atoms with Gasteiger partial charge >= 0.3 is 0 Å². The van der Waals surface area contributed by atoms with E-state index >= 15 is 0 Å². The van der Waals surface area contributed by atoms with Gasteiger partial charge in [-0.1, -0.05) is 24.0 Å². The van der Waals surface area contributed by atoms with Gasteiger partial charge < -0.3 is 10.8 Å². The number of hydrogen-bond acceptors (Lipinski definition) is 3. The molecule has 0 fully saturated rings. The fourth-order valence-corrected chi connectivity index (χ4v) is 1.77. The van der Waals surface area contributed by atoms with E-state index in [9.17, 15) is 4.79 Å². The van der Waals surface area contributed by atoms with Crippen LogP contribution in [0.3, 0.4) is 0 Å². The fraction of sp³-hybridized carbons (Fsp3) is 0.438. The molecule has 108 valence electrons. The predicted octanol–water partition coefficient (Wildman–Crippen LogP) is 1.12. The number of amides is 1. The van der Waals surface area contributed by atoms with E-state index in [1.807, 2.05) is 43.0 Å². The summed E-state index contributed by atoms with van der Waals surface area (Å²) in [5.74, 6) is 5.55. The van der Waals surface area contributed by atoms with Gasteiger partial charge in [0.25, 0.3) is 0 Å². The third-order valence-corrected chi connectivity index (χ3v) is 2.90. The van der Waals surface area contributed by atoms with Crippen LogP contribution in [0.25, 0.3) is 0 Å². The van der Waals surface area contributed by atoms with Gasteiger partial charge in [0.05, 0.1) is 13.2 Å². The van der Waals surface area contributed by atoms with Gasteiger partial charge in [-0.05, 0) is 31.5 Å². The number of benzene rings is 1. The van der Waals surface area contributed by atoms with Gasteiger partial charge in [-0.2, -0.15) is 0 Å². The Kier molecular flexibility index (Phi) is 6.78. The molecular formula is C16H22N2O2. The molecule has 0 bridgehead atoms. The van der Waals surface area contributed by atoms with Crippen LogP contribution in [0.5, 0.6) is 0 Å². The summed E-state index contributed by atoms with van der Waals surface area (Å²) in [7, 11) is 0. The van der Waals surface area contributed by atoms with Crippen molar-refractivity contribution in [3.63, 3.8) is 0 Å². The largest absolute Gasteiger partial charge is 0.395 e. The molecule has 0 atom stereocenters. The van der Waals surface area contributed by atoms with E-state index < -0.39 is 0 Å². The number of aliphatic hydroxyl groups is 1. The first-order valence-corrected chi connectivity index (χ1v) is 6.74. The Morgan fingerprint density at radius 2 is 2.00 bits per heavy atom. The molecular weight excluding hydrogens is 252 g/mol. The lowest BCUT2D eigenvalue weighted by molar-refractivity contribution is -0.119. The smallest absolute Gasteiger partial charge is 0.231 e. The van der Waals surface area contributed by atoms with E-state index in [4.69, 9.17) is 10.8 Å². The normalized spacial score (nSPS) is 10.4. The minimum atomic E-state index is -0.315. The lowest BCUT2D eigenvalue weighted by Gasteiger charge is -2.24. The van der Waals surface area contributed by atoms with Crippen LogP contribution < -0.4 is 5.73 Å². The molecule has 3 N–H and O–H groups in total. The lowest BCUT2D eigenvalue weighted by Crippen LogP contribution is -2.37. The number of hydrogen-bond donors (Lipinski definition) is 2. The highest BCUT2D eigenvalue weighted by Gasteiger charge is 2.12. The number of aliphatic hydroxyl groups excluding tert-OH is 1. The van der Waals surface area contributed by atoms with E-state index in [1.165, 1.54) is 0 Å². The van der Waals surface area contributed by atoms with Gasteiger partial charge in [-0.15, -0.1) is 0 Å². The first kappa shape index (κ1) is 16.2. The summed E-state index contributed by atoms with van der Waals surface area (Å²) in [6.45, 7) is 5.11. The minimum absolute atomic E-state index is 0.0849. The predicted molar refractivity (Wildman–Crippen MR) is 79.8 cm³/mol. The standard InChI is InChI=1S/C16H22N2O2/c1-13(2)18(12-16(17)20)11-15-8-6-14(7-9-15)5-3-4-10-19/h6-9,13,19H,4,10-12H2,1-2H3,(H2,17,20). The minimum Gasteiger partial charge on any atom is -0.395 e. The molecule has 4 nitrogen and oxygen atoms in total. The van der Waals surface area contributed by atoms with Crippen LogP contribution in [0.2, 0.25) is 0 Å². The summed E-state index contributed by atoms with van der Waals surface area (Å²) in [5, 5.41) is 8.67. The monoisotopic (exact) mass is 274 g/mol. The zero-order valence-corrected chi connectivity index (χ0v) is 12.1. The summed E-state index contributed by atoms with van der Waals surface area (Å²) in [4.78, 5) is 13.1. The molecule has 0 saturated carbocycles. The van der Waals surface area contributed by atoms with Crippen LogP contribution in [0.1, 0.15) is 31.4 Å². The van der Waals surface area contributed by atoms with Crippen molar-refractivity contribution in [3.8, 4) is 11.8 Å². The van der Waals surface area contributed by atoms with Crippen molar-refractivity contribution in [2.75, 3.05) is 13.2 Å².